The molecule has 3 rings (SSSR count). The SMILES string of the molecule is CCc1ccc2c(c1)-c1ccccc1P(=O)(O)O2. The van der Waals surface area contributed by atoms with Crippen molar-refractivity contribution in [2.24, 2.45) is 0 Å². The van der Waals surface area contributed by atoms with Crippen molar-refractivity contribution < 1.29 is 14.0 Å². The van der Waals surface area contributed by atoms with Gasteiger partial charge in [0.25, 0.3) is 0 Å². The summed E-state index contributed by atoms with van der Waals surface area (Å²) in [6.07, 6.45) is 0.923. The summed E-state index contributed by atoms with van der Waals surface area (Å²) in [5.41, 5.74) is 2.87. The molecule has 0 radical (unpaired) electrons. The van der Waals surface area contributed by atoms with Gasteiger partial charge in [-0.05, 0) is 30.2 Å². The summed E-state index contributed by atoms with van der Waals surface area (Å²) in [5, 5.41) is 0.380. The Labute approximate surface area is 106 Å². The van der Waals surface area contributed by atoms with Crippen LogP contribution in [0.25, 0.3) is 11.1 Å². The van der Waals surface area contributed by atoms with Gasteiger partial charge < -0.3 is 9.42 Å². The first kappa shape index (κ1) is 11.5. The molecule has 2 aromatic rings. The molecule has 18 heavy (non-hydrogen) atoms. The van der Waals surface area contributed by atoms with Crippen LogP contribution in [0.1, 0.15) is 12.5 Å². The molecule has 0 aromatic heterocycles. The van der Waals surface area contributed by atoms with Crippen molar-refractivity contribution in [1.82, 2.24) is 0 Å². The summed E-state index contributed by atoms with van der Waals surface area (Å²) in [7, 11) is -3.73. The monoisotopic (exact) mass is 260 g/mol. The van der Waals surface area contributed by atoms with E-state index in [1.54, 1.807) is 18.2 Å². The summed E-state index contributed by atoms with van der Waals surface area (Å²) < 4.78 is 17.4. The van der Waals surface area contributed by atoms with Crippen LogP contribution < -0.4 is 9.83 Å². The largest absolute Gasteiger partial charge is 0.421 e. The molecule has 1 heterocycles. The molecule has 0 saturated heterocycles. The molecule has 92 valence electrons. The van der Waals surface area contributed by atoms with Gasteiger partial charge in [0.1, 0.15) is 5.75 Å². The lowest BCUT2D eigenvalue weighted by atomic mass is 10.0. The maximum atomic E-state index is 12.1. The molecule has 2 aromatic carbocycles. The van der Waals surface area contributed by atoms with Gasteiger partial charge in [-0.25, -0.2) is 4.57 Å². The minimum absolute atomic E-state index is 0.380. The zero-order chi connectivity index (χ0) is 12.8. The number of fused-ring (bicyclic) bond motifs is 3. The van der Waals surface area contributed by atoms with Crippen molar-refractivity contribution in [1.29, 1.82) is 0 Å². The summed E-state index contributed by atoms with van der Waals surface area (Å²) in [6.45, 7) is 2.08. The molecule has 0 bridgehead atoms. The third kappa shape index (κ3) is 1.67. The fraction of sp³-hybridized carbons (Fsp3) is 0.143. The van der Waals surface area contributed by atoms with E-state index in [1.165, 1.54) is 5.56 Å². The highest BCUT2D eigenvalue weighted by molar-refractivity contribution is 7.62. The number of aryl methyl sites for hydroxylation is 1. The molecule has 0 spiro atoms. The van der Waals surface area contributed by atoms with E-state index in [0.29, 0.717) is 11.1 Å². The second-order valence-corrected chi connectivity index (χ2v) is 6.02. The Kier molecular flexibility index (Phi) is 2.54. The van der Waals surface area contributed by atoms with E-state index < -0.39 is 7.60 Å². The third-order valence-electron chi connectivity index (χ3n) is 3.17. The van der Waals surface area contributed by atoms with Crippen LogP contribution in [0.2, 0.25) is 0 Å². The van der Waals surface area contributed by atoms with E-state index >= 15 is 0 Å². The average molecular weight is 260 g/mol. The van der Waals surface area contributed by atoms with Gasteiger partial charge in [-0.15, -0.1) is 0 Å². The normalized spacial score (nSPS) is 20.8. The molecule has 0 aliphatic carbocycles. The van der Waals surface area contributed by atoms with Crippen LogP contribution in [-0.2, 0) is 11.0 Å². The van der Waals surface area contributed by atoms with Crippen molar-refractivity contribution in [2.75, 3.05) is 0 Å². The van der Waals surface area contributed by atoms with Crippen LogP contribution in [0.4, 0.5) is 0 Å². The van der Waals surface area contributed by atoms with E-state index in [1.807, 2.05) is 24.3 Å². The molecule has 1 unspecified atom stereocenters. The fourth-order valence-electron chi connectivity index (χ4n) is 2.22. The van der Waals surface area contributed by atoms with Crippen LogP contribution in [0, 0.1) is 0 Å². The van der Waals surface area contributed by atoms with Gasteiger partial charge >= 0.3 is 7.60 Å². The van der Waals surface area contributed by atoms with E-state index in [4.69, 9.17) is 4.52 Å². The van der Waals surface area contributed by atoms with E-state index in [9.17, 15) is 9.46 Å². The number of hydrogen-bond donors (Lipinski definition) is 1. The lowest BCUT2D eigenvalue weighted by molar-refractivity contribution is 0.392. The molecule has 3 nitrogen and oxygen atoms in total. The zero-order valence-electron chi connectivity index (χ0n) is 9.96. The predicted molar refractivity (Wildman–Crippen MR) is 71.3 cm³/mol. The average Bonchev–Trinajstić information content (AvgIpc) is 2.38. The molecule has 0 fully saturated rings. The van der Waals surface area contributed by atoms with Crippen LogP contribution in [0.15, 0.2) is 42.5 Å². The number of hydrogen-bond acceptors (Lipinski definition) is 2. The second-order valence-electron chi connectivity index (χ2n) is 4.31. The number of benzene rings is 2. The molecule has 1 N–H and O–H groups in total. The topological polar surface area (TPSA) is 46.5 Å². The highest BCUT2D eigenvalue weighted by atomic mass is 31.2. The molecule has 0 amide bonds. The van der Waals surface area contributed by atoms with Crippen LogP contribution >= 0.6 is 7.60 Å². The van der Waals surface area contributed by atoms with Crippen LogP contribution in [0.3, 0.4) is 0 Å². The zero-order valence-corrected chi connectivity index (χ0v) is 10.9. The molecular weight excluding hydrogens is 247 g/mol. The summed E-state index contributed by atoms with van der Waals surface area (Å²) in [4.78, 5) is 9.93. The lowest BCUT2D eigenvalue weighted by Crippen LogP contribution is -2.17. The Balaban J connectivity index is 2.30. The maximum absolute atomic E-state index is 12.1. The highest BCUT2D eigenvalue weighted by Crippen LogP contribution is 2.51. The van der Waals surface area contributed by atoms with Crippen molar-refractivity contribution in [2.45, 2.75) is 13.3 Å². The first-order chi connectivity index (χ1) is 8.62. The van der Waals surface area contributed by atoms with E-state index in [2.05, 4.69) is 6.92 Å². The van der Waals surface area contributed by atoms with E-state index in [0.717, 1.165) is 17.5 Å². The Morgan fingerprint density at radius 1 is 1.17 bits per heavy atom. The minimum Gasteiger partial charge on any atom is -0.421 e. The maximum Gasteiger partial charge on any atom is 0.408 e. The Morgan fingerprint density at radius 3 is 2.72 bits per heavy atom. The Hall–Kier alpha value is -1.57. The van der Waals surface area contributed by atoms with Crippen LogP contribution in [-0.4, -0.2) is 4.89 Å². The van der Waals surface area contributed by atoms with Gasteiger partial charge in [0, 0.05) is 11.1 Å². The number of rotatable bonds is 1. The summed E-state index contributed by atoms with van der Waals surface area (Å²) in [5.74, 6) is 0.483. The van der Waals surface area contributed by atoms with Crippen molar-refractivity contribution in [3.05, 3.63) is 48.0 Å². The Morgan fingerprint density at radius 2 is 1.94 bits per heavy atom. The van der Waals surface area contributed by atoms with Gasteiger partial charge in [-0.1, -0.05) is 31.2 Å². The Bertz CT molecular complexity index is 664. The lowest BCUT2D eigenvalue weighted by Gasteiger charge is -2.24. The van der Waals surface area contributed by atoms with Gasteiger partial charge in [-0.3, -0.25) is 0 Å². The minimum atomic E-state index is -3.73. The molecular formula is C14H13O3P. The summed E-state index contributed by atoms with van der Waals surface area (Å²) >= 11 is 0. The molecule has 1 atom stereocenters. The van der Waals surface area contributed by atoms with E-state index in [-0.39, 0.29) is 0 Å². The molecule has 4 heteroatoms. The van der Waals surface area contributed by atoms with Crippen molar-refractivity contribution >= 4 is 12.9 Å². The first-order valence-corrected chi connectivity index (χ1v) is 7.45. The van der Waals surface area contributed by atoms with Crippen LogP contribution in [0.5, 0.6) is 5.75 Å². The smallest absolute Gasteiger partial charge is 0.408 e. The molecule has 1 aliphatic heterocycles. The van der Waals surface area contributed by atoms with Gasteiger partial charge in [-0.2, -0.15) is 0 Å². The van der Waals surface area contributed by atoms with Gasteiger partial charge in [0.05, 0.1) is 5.30 Å². The van der Waals surface area contributed by atoms with Gasteiger partial charge in [0.15, 0.2) is 0 Å². The molecule has 0 saturated carbocycles. The predicted octanol–water partition coefficient (Wildman–Crippen LogP) is 3.12. The third-order valence-corrected chi connectivity index (χ3v) is 4.62. The van der Waals surface area contributed by atoms with Crippen molar-refractivity contribution in [3.63, 3.8) is 0 Å². The van der Waals surface area contributed by atoms with Gasteiger partial charge in [0.2, 0.25) is 0 Å². The first-order valence-electron chi connectivity index (χ1n) is 5.87. The fourth-order valence-corrected chi connectivity index (χ4v) is 3.52. The standard InChI is InChI=1S/C14H13O3P/c1-2-10-7-8-13-12(9-10)11-5-3-4-6-14(11)18(15,16)17-13/h3-9H,2H2,1H3,(H,15,16). The summed E-state index contributed by atoms with van der Waals surface area (Å²) in [6, 6.07) is 12.8. The van der Waals surface area contributed by atoms with Crippen molar-refractivity contribution in [3.8, 4) is 16.9 Å². The quantitative estimate of drug-likeness (QED) is 0.801. The molecule has 1 aliphatic rings. The second kappa shape index (κ2) is 3.98. The highest BCUT2D eigenvalue weighted by Gasteiger charge is 2.33.